The molecule has 0 nitrogen and oxygen atoms in total. The normalized spacial score (nSPS) is 11.6. The summed E-state index contributed by atoms with van der Waals surface area (Å²) in [5.74, 6) is 0. The quantitative estimate of drug-likeness (QED) is 0.399. The third-order valence-electron chi connectivity index (χ3n) is 5.55. The van der Waals surface area contributed by atoms with E-state index in [1.807, 2.05) is 0 Å². The fourth-order valence-electron chi connectivity index (χ4n) is 4.03. The summed E-state index contributed by atoms with van der Waals surface area (Å²) in [6.07, 6.45) is 0. The zero-order valence-corrected chi connectivity index (χ0v) is 20.3. The van der Waals surface area contributed by atoms with Gasteiger partial charge in [0.15, 0.2) is 0 Å². The first kappa shape index (κ1) is 22.5. The van der Waals surface area contributed by atoms with Crippen molar-refractivity contribution in [3.05, 3.63) is 121 Å². The Hall–Kier alpha value is -2.21. The fraction of sp³-hybridized carbons (Fsp3) is 0.143. The topological polar surface area (TPSA) is 0 Å². The van der Waals surface area contributed by atoms with Crippen LogP contribution in [0, 0.1) is 0 Å². The molecule has 0 saturated carbocycles. The summed E-state index contributed by atoms with van der Waals surface area (Å²) in [4.78, 5) is 0. The van der Waals surface area contributed by atoms with Gasteiger partial charge in [0.25, 0.3) is 0 Å². The lowest BCUT2D eigenvalue weighted by atomic mass is 9.87. The Balaban J connectivity index is 0.00000256. The van der Waals surface area contributed by atoms with E-state index in [0.29, 0.717) is 0 Å². The highest BCUT2D eigenvalue weighted by Gasteiger charge is 2.47. The number of hydrogen-bond donors (Lipinski definition) is 0. The van der Waals surface area contributed by atoms with Crippen LogP contribution in [0.25, 0.3) is 0 Å². The minimum absolute atomic E-state index is 0. The highest BCUT2D eigenvalue weighted by Crippen LogP contribution is 2.54. The van der Waals surface area contributed by atoms with Gasteiger partial charge in [-0.1, -0.05) is 87.5 Å². The molecule has 0 bridgehead atoms. The van der Waals surface area contributed by atoms with Gasteiger partial charge < -0.3 is 17.0 Å². The van der Waals surface area contributed by atoms with Crippen LogP contribution in [0.3, 0.4) is 0 Å². The van der Waals surface area contributed by atoms with Crippen LogP contribution >= 0.6 is 7.26 Å². The van der Waals surface area contributed by atoms with Crippen LogP contribution in [-0.2, 0) is 5.41 Å². The molecular weight excluding hydrogens is 447 g/mol. The van der Waals surface area contributed by atoms with Gasteiger partial charge in [-0.15, -0.1) is 0 Å². The van der Waals surface area contributed by atoms with Crippen molar-refractivity contribution in [2.24, 2.45) is 0 Å². The number of benzene rings is 4. The first-order chi connectivity index (χ1) is 14.0. The van der Waals surface area contributed by atoms with E-state index in [1.165, 1.54) is 26.8 Å². The molecule has 2 heteroatoms. The minimum atomic E-state index is -1.98. The molecule has 0 saturated heterocycles. The van der Waals surface area contributed by atoms with Crippen LogP contribution in [0.5, 0.6) is 0 Å². The van der Waals surface area contributed by atoms with E-state index in [2.05, 4.69) is 136 Å². The first-order valence-corrected chi connectivity index (χ1v) is 12.0. The van der Waals surface area contributed by atoms with Gasteiger partial charge in [-0.2, -0.15) is 0 Å². The van der Waals surface area contributed by atoms with Crippen LogP contribution in [0.1, 0.15) is 26.3 Å². The smallest absolute Gasteiger partial charge is 0.144 e. The third kappa shape index (κ3) is 4.15. The summed E-state index contributed by atoms with van der Waals surface area (Å²) in [5.41, 5.74) is 1.51. The van der Waals surface area contributed by atoms with E-state index in [1.54, 1.807) is 0 Å². The SMILES string of the molecule is CC(C)(C)c1ccc([P+](c2ccccc2)(c2ccccc2)c2ccccc2)cc1.[Br-]. The molecular formula is C28H28BrP. The molecule has 152 valence electrons. The van der Waals surface area contributed by atoms with Gasteiger partial charge in [0.05, 0.1) is 0 Å². The Morgan fingerprint density at radius 1 is 0.433 bits per heavy atom. The predicted octanol–water partition coefficient (Wildman–Crippen LogP) is 2.61. The van der Waals surface area contributed by atoms with Gasteiger partial charge in [-0.25, -0.2) is 0 Å². The zero-order chi connectivity index (χ0) is 20.3. The molecule has 0 aliphatic heterocycles. The summed E-state index contributed by atoms with van der Waals surface area (Å²) in [6.45, 7) is 6.82. The van der Waals surface area contributed by atoms with Gasteiger partial charge in [0, 0.05) is 0 Å². The molecule has 0 aliphatic carbocycles. The summed E-state index contributed by atoms with van der Waals surface area (Å²) in [7, 11) is -1.98. The molecule has 4 aromatic rings. The van der Waals surface area contributed by atoms with Crippen LogP contribution in [-0.4, -0.2) is 0 Å². The van der Waals surface area contributed by atoms with Crippen molar-refractivity contribution < 1.29 is 17.0 Å². The van der Waals surface area contributed by atoms with Crippen LogP contribution < -0.4 is 38.2 Å². The lowest BCUT2D eigenvalue weighted by molar-refractivity contribution is -0.00000605. The second kappa shape index (κ2) is 9.29. The molecule has 4 rings (SSSR count). The van der Waals surface area contributed by atoms with Crippen molar-refractivity contribution in [2.75, 3.05) is 0 Å². The molecule has 0 unspecified atom stereocenters. The summed E-state index contributed by atoms with van der Waals surface area (Å²) >= 11 is 0. The van der Waals surface area contributed by atoms with E-state index in [4.69, 9.17) is 0 Å². The Morgan fingerprint density at radius 2 is 0.733 bits per heavy atom. The number of rotatable bonds is 4. The molecule has 0 atom stereocenters. The number of hydrogen-bond acceptors (Lipinski definition) is 0. The maximum Gasteiger partial charge on any atom is 0.144 e. The van der Waals surface area contributed by atoms with Crippen molar-refractivity contribution in [1.82, 2.24) is 0 Å². The lowest BCUT2D eigenvalue weighted by Crippen LogP contribution is -3.00. The maximum absolute atomic E-state index is 2.36. The van der Waals surface area contributed by atoms with Gasteiger partial charge >= 0.3 is 0 Å². The van der Waals surface area contributed by atoms with E-state index < -0.39 is 7.26 Å². The lowest BCUT2D eigenvalue weighted by Gasteiger charge is -2.28. The molecule has 0 radical (unpaired) electrons. The average molecular weight is 475 g/mol. The third-order valence-corrected chi connectivity index (χ3v) is 9.84. The second-order valence-electron chi connectivity index (χ2n) is 8.47. The number of halogens is 1. The van der Waals surface area contributed by atoms with Crippen molar-refractivity contribution in [1.29, 1.82) is 0 Å². The summed E-state index contributed by atoms with van der Waals surface area (Å²) in [5, 5.41) is 5.57. The molecule has 30 heavy (non-hydrogen) atoms. The monoisotopic (exact) mass is 474 g/mol. The van der Waals surface area contributed by atoms with Crippen molar-refractivity contribution >= 4 is 28.5 Å². The minimum Gasteiger partial charge on any atom is -1.00 e. The van der Waals surface area contributed by atoms with Crippen LogP contribution in [0.2, 0.25) is 0 Å². The van der Waals surface area contributed by atoms with Gasteiger partial charge in [-0.05, 0) is 59.5 Å². The molecule has 0 fully saturated rings. The highest BCUT2D eigenvalue weighted by molar-refractivity contribution is 8.01. The predicted molar refractivity (Wildman–Crippen MR) is 130 cm³/mol. The fourth-order valence-corrected chi connectivity index (χ4v) is 8.28. The van der Waals surface area contributed by atoms with Gasteiger partial charge in [-0.3, -0.25) is 0 Å². The zero-order valence-electron chi connectivity index (χ0n) is 17.8. The van der Waals surface area contributed by atoms with Gasteiger partial charge in [0.1, 0.15) is 28.5 Å². The van der Waals surface area contributed by atoms with E-state index >= 15 is 0 Å². The second-order valence-corrected chi connectivity index (χ2v) is 11.9. The molecule has 0 aliphatic rings. The standard InChI is InChI=1S/C28H28P.BrH/c1-28(2,3)23-19-21-27(22-20-23)29(24-13-7-4-8-14-24,25-15-9-5-10-16-25)26-17-11-6-12-18-26;/h4-22H,1-3H3;1H/q+1;/p-1. The average Bonchev–Trinajstić information content (AvgIpc) is 2.76. The summed E-state index contributed by atoms with van der Waals surface area (Å²) in [6, 6.07) is 42.5. The van der Waals surface area contributed by atoms with Gasteiger partial charge in [0.2, 0.25) is 0 Å². The molecule has 0 heterocycles. The Kier molecular flexibility index (Phi) is 6.96. The molecule has 0 N–H and O–H groups in total. The van der Waals surface area contributed by atoms with E-state index in [-0.39, 0.29) is 22.4 Å². The van der Waals surface area contributed by atoms with E-state index in [0.717, 1.165) is 0 Å². The van der Waals surface area contributed by atoms with Crippen LogP contribution in [0.4, 0.5) is 0 Å². The Bertz CT molecular complexity index is 954. The van der Waals surface area contributed by atoms with Crippen molar-refractivity contribution in [3.8, 4) is 0 Å². The largest absolute Gasteiger partial charge is 1.00 e. The molecule has 0 aromatic heterocycles. The van der Waals surface area contributed by atoms with Crippen molar-refractivity contribution in [2.45, 2.75) is 26.2 Å². The Morgan fingerprint density at radius 3 is 1.03 bits per heavy atom. The Labute approximate surface area is 192 Å². The van der Waals surface area contributed by atoms with E-state index in [9.17, 15) is 0 Å². The maximum atomic E-state index is 2.36. The molecule has 0 amide bonds. The highest BCUT2D eigenvalue weighted by atomic mass is 79.9. The molecule has 0 spiro atoms. The summed E-state index contributed by atoms with van der Waals surface area (Å²) < 4.78 is 0. The first-order valence-electron chi connectivity index (χ1n) is 10.2. The van der Waals surface area contributed by atoms with Crippen molar-refractivity contribution in [3.63, 3.8) is 0 Å². The van der Waals surface area contributed by atoms with Crippen LogP contribution in [0.15, 0.2) is 115 Å². The molecule has 4 aromatic carbocycles.